The highest BCUT2D eigenvalue weighted by Gasteiger charge is 2.04. The minimum Gasteiger partial charge on any atom is -0.477 e. The Hall–Kier alpha value is -0.900. The molecule has 1 aromatic rings. The van der Waals surface area contributed by atoms with Crippen LogP contribution in [0.4, 0.5) is 0 Å². The Morgan fingerprint density at radius 2 is 2.27 bits per heavy atom. The van der Waals surface area contributed by atoms with Crippen LogP contribution in [0.1, 0.15) is 16.2 Å². The molecule has 11 heavy (non-hydrogen) atoms. The number of hydrogen-bond acceptors (Lipinski definition) is 2. The molecule has 0 saturated carbocycles. The Labute approximate surface area is 72.2 Å². The number of pyridine rings is 1. The normalized spacial score (nSPS) is 9.64. The number of hydrogen-bond donors (Lipinski definition) is 1. The highest BCUT2D eigenvalue weighted by atomic mass is 79.9. The first-order valence-corrected chi connectivity index (χ1v) is 3.76. The van der Waals surface area contributed by atoms with Crippen molar-refractivity contribution < 1.29 is 9.90 Å². The molecule has 0 atom stereocenters. The van der Waals surface area contributed by atoms with Crippen LogP contribution >= 0.6 is 15.9 Å². The van der Waals surface area contributed by atoms with Crippen LogP contribution in [0, 0.1) is 6.92 Å². The van der Waals surface area contributed by atoms with Crippen LogP contribution in [0.5, 0.6) is 0 Å². The van der Waals surface area contributed by atoms with Crippen LogP contribution in [-0.2, 0) is 0 Å². The highest BCUT2D eigenvalue weighted by molar-refractivity contribution is 9.10. The average Bonchev–Trinajstić information content (AvgIpc) is 1.85. The van der Waals surface area contributed by atoms with Crippen LogP contribution in [0.25, 0.3) is 0 Å². The predicted octanol–water partition coefficient (Wildman–Crippen LogP) is 1.85. The molecule has 0 unspecified atom stereocenters. The number of carboxylic acids is 1. The summed E-state index contributed by atoms with van der Waals surface area (Å²) in [6.45, 7) is 1.75. The lowest BCUT2D eigenvalue weighted by molar-refractivity contribution is 0.0690. The van der Waals surface area contributed by atoms with Crippen molar-refractivity contribution in [3.8, 4) is 0 Å². The molecule has 1 aromatic heterocycles. The van der Waals surface area contributed by atoms with Gasteiger partial charge in [-0.25, -0.2) is 9.78 Å². The van der Waals surface area contributed by atoms with Gasteiger partial charge in [0, 0.05) is 10.2 Å². The lowest BCUT2D eigenvalue weighted by atomic mass is 10.3. The number of aryl methyl sites for hydroxylation is 1. The van der Waals surface area contributed by atoms with Gasteiger partial charge in [0.1, 0.15) is 5.69 Å². The second-order valence-electron chi connectivity index (χ2n) is 2.12. The van der Waals surface area contributed by atoms with Gasteiger partial charge in [-0.15, -0.1) is 0 Å². The van der Waals surface area contributed by atoms with Crippen molar-refractivity contribution >= 4 is 21.9 Å². The number of carboxylic acid groups (broad SMARTS) is 1. The zero-order valence-corrected chi connectivity index (χ0v) is 7.42. The number of rotatable bonds is 1. The van der Waals surface area contributed by atoms with Gasteiger partial charge >= 0.3 is 5.97 Å². The summed E-state index contributed by atoms with van der Waals surface area (Å²) in [5, 5.41) is 8.55. The maximum absolute atomic E-state index is 10.4. The van der Waals surface area contributed by atoms with Crippen LogP contribution in [-0.4, -0.2) is 16.1 Å². The number of nitrogens with zero attached hydrogens (tertiary/aromatic N) is 1. The number of aromatic carboxylic acids is 1. The summed E-state index contributed by atoms with van der Waals surface area (Å²) in [5.41, 5.74) is 0.758. The average molecular weight is 216 g/mol. The molecule has 0 aliphatic carbocycles. The molecule has 0 amide bonds. The van der Waals surface area contributed by atoms with E-state index >= 15 is 0 Å². The van der Waals surface area contributed by atoms with Crippen molar-refractivity contribution in [1.82, 2.24) is 4.98 Å². The molecule has 0 aliphatic heterocycles. The molecule has 1 rings (SSSR count). The maximum atomic E-state index is 10.4. The minimum atomic E-state index is -1.01. The van der Waals surface area contributed by atoms with Crippen molar-refractivity contribution in [2.45, 2.75) is 6.92 Å². The molecule has 0 aliphatic rings. The van der Waals surface area contributed by atoms with Crippen LogP contribution in [0.15, 0.2) is 16.6 Å². The van der Waals surface area contributed by atoms with E-state index in [-0.39, 0.29) is 5.69 Å². The molecule has 0 radical (unpaired) electrons. The number of carbonyl (C=O) groups is 1. The summed E-state index contributed by atoms with van der Waals surface area (Å²) in [5.74, 6) is -1.01. The lowest BCUT2D eigenvalue weighted by Crippen LogP contribution is -2.00. The third kappa shape index (κ3) is 2.01. The zero-order valence-electron chi connectivity index (χ0n) is 5.84. The fourth-order valence-electron chi connectivity index (χ4n) is 0.736. The topological polar surface area (TPSA) is 50.2 Å². The maximum Gasteiger partial charge on any atom is 0.354 e. The van der Waals surface area contributed by atoms with E-state index in [0.29, 0.717) is 5.69 Å². The van der Waals surface area contributed by atoms with Gasteiger partial charge in [0.05, 0.1) is 0 Å². The standard InChI is InChI=1S/C7H6BrNO2/c1-4-2-5(8)3-6(9-4)7(10)11/h2-3H,1H3,(H,10,11). The number of aromatic nitrogens is 1. The van der Waals surface area contributed by atoms with Gasteiger partial charge in [0.25, 0.3) is 0 Å². The number of halogens is 1. The van der Waals surface area contributed by atoms with Gasteiger partial charge in [-0.3, -0.25) is 0 Å². The first-order chi connectivity index (χ1) is 5.09. The molecule has 4 heteroatoms. The summed E-state index contributed by atoms with van der Waals surface area (Å²) in [6, 6.07) is 3.22. The van der Waals surface area contributed by atoms with Crippen LogP contribution in [0.3, 0.4) is 0 Å². The molecule has 0 fully saturated rings. The smallest absolute Gasteiger partial charge is 0.354 e. The summed E-state index contributed by atoms with van der Waals surface area (Å²) in [4.78, 5) is 14.2. The van der Waals surface area contributed by atoms with Crippen molar-refractivity contribution in [1.29, 1.82) is 0 Å². The molecule has 0 spiro atoms. The monoisotopic (exact) mass is 215 g/mol. The van der Waals surface area contributed by atoms with Crippen LogP contribution < -0.4 is 0 Å². The zero-order chi connectivity index (χ0) is 8.43. The first kappa shape index (κ1) is 8.20. The van der Waals surface area contributed by atoms with Crippen LogP contribution in [0.2, 0.25) is 0 Å². The molecule has 0 bridgehead atoms. The van der Waals surface area contributed by atoms with Crippen molar-refractivity contribution in [2.75, 3.05) is 0 Å². The third-order valence-electron chi connectivity index (χ3n) is 1.14. The van der Waals surface area contributed by atoms with Gasteiger partial charge < -0.3 is 5.11 Å². The molecule has 0 saturated heterocycles. The molecular formula is C7H6BrNO2. The third-order valence-corrected chi connectivity index (χ3v) is 1.60. The van der Waals surface area contributed by atoms with E-state index in [0.717, 1.165) is 4.47 Å². The fraction of sp³-hybridized carbons (Fsp3) is 0.143. The largest absolute Gasteiger partial charge is 0.477 e. The van der Waals surface area contributed by atoms with E-state index in [9.17, 15) is 4.79 Å². The molecule has 1 N–H and O–H groups in total. The summed E-state index contributed by atoms with van der Waals surface area (Å²) < 4.78 is 0.738. The highest BCUT2D eigenvalue weighted by Crippen LogP contribution is 2.11. The van der Waals surface area contributed by atoms with Crippen molar-refractivity contribution in [3.63, 3.8) is 0 Å². The Morgan fingerprint density at radius 1 is 1.64 bits per heavy atom. The van der Waals surface area contributed by atoms with E-state index in [1.54, 1.807) is 13.0 Å². The second-order valence-corrected chi connectivity index (χ2v) is 3.03. The second kappa shape index (κ2) is 3.00. The van der Waals surface area contributed by atoms with E-state index in [4.69, 9.17) is 5.11 Å². The van der Waals surface area contributed by atoms with Gasteiger partial charge in [-0.05, 0) is 19.1 Å². The first-order valence-electron chi connectivity index (χ1n) is 2.97. The van der Waals surface area contributed by atoms with Gasteiger partial charge in [0.15, 0.2) is 0 Å². The Bertz CT molecular complexity index is 278. The molecular weight excluding hydrogens is 210 g/mol. The fourth-order valence-corrected chi connectivity index (χ4v) is 1.28. The van der Waals surface area contributed by atoms with E-state index in [1.807, 2.05) is 0 Å². The van der Waals surface area contributed by atoms with E-state index < -0.39 is 5.97 Å². The molecule has 1 heterocycles. The Balaban J connectivity index is 3.19. The summed E-state index contributed by atoms with van der Waals surface area (Å²) in [6.07, 6.45) is 0. The minimum absolute atomic E-state index is 0.0666. The SMILES string of the molecule is Cc1cc(Br)cc(C(=O)O)n1. The Morgan fingerprint density at radius 3 is 2.73 bits per heavy atom. The predicted molar refractivity (Wildman–Crippen MR) is 43.6 cm³/mol. The quantitative estimate of drug-likeness (QED) is 0.779. The van der Waals surface area contributed by atoms with Gasteiger partial charge in [0.2, 0.25) is 0 Å². The Kier molecular flexibility index (Phi) is 2.24. The van der Waals surface area contributed by atoms with E-state index in [2.05, 4.69) is 20.9 Å². The van der Waals surface area contributed by atoms with E-state index in [1.165, 1.54) is 6.07 Å². The lowest BCUT2D eigenvalue weighted by Gasteiger charge is -1.96. The molecule has 58 valence electrons. The summed E-state index contributed by atoms with van der Waals surface area (Å²) >= 11 is 3.18. The van der Waals surface area contributed by atoms with Gasteiger partial charge in [-0.1, -0.05) is 15.9 Å². The van der Waals surface area contributed by atoms with Gasteiger partial charge in [-0.2, -0.15) is 0 Å². The molecule has 3 nitrogen and oxygen atoms in total. The molecule has 0 aromatic carbocycles. The van der Waals surface area contributed by atoms with Crippen molar-refractivity contribution in [2.24, 2.45) is 0 Å². The summed E-state index contributed by atoms with van der Waals surface area (Å²) in [7, 11) is 0. The van der Waals surface area contributed by atoms with Crippen molar-refractivity contribution in [3.05, 3.63) is 28.0 Å².